The molecule has 0 aliphatic heterocycles. The molecule has 1 fully saturated rings. The molecule has 20 heavy (non-hydrogen) atoms. The Bertz CT molecular complexity index is 232. The third-order valence-corrected chi connectivity index (χ3v) is 5.03. The van der Waals surface area contributed by atoms with E-state index in [1.165, 1.54) is 83.5 Å². The Hall–Kier alpha value is -0.300. The minimum Gasteiger partial charge on any atom is -0.389 e. The molecule has 1 N–H and O–H groups in total. The number of hydrogen-bond acceptors (Lipinski definition) is 1. The predicted octanol–water partition coefficient (Wildman–Crippen LogP) is 6.01. The lowest BCUT2D eigenvalue weighted by molar-refractivity contribution is 0.122. The van der Waals surface area contributed by atoms with Crippen molar-refractivity contribution in [3.05, 3.63) is 12.7 Å². The Morgan fingerprint density at radius 1 is 0.850 bits per heavy atom. The van der Waals surface area contributed by atoms with Crippen molar-refractivity contribution in [3.63, 3.8) is 0 Å². The maximum Gasteiger partial charge on any atom is 0.0723 e. The molecule has 0 aromatic rings. The second kappa shape index (κ2) is 10.4. The van der Waals surface area contributed by atoms with Gasteiger partial charge in [0, 0.05) is 0 Å². The summed E-state index contributed by atoms with van der Waals surface area (Å²) in [6, 6.07) is 0. The van der Waals surface area contributed by atoms with Gasteiger partial charge in [-0.25, -0.2) is 0 Å². The van der Waals surface area contributed by atoms with Gasteiger partial charge in [0.05, 0.1) is 6.10 Å². The highest BCUT2D eigenvalue weighted by Gasteiger charge is 2.25. The molecule has 0 aromatic carbocycles. The first-order chi connectivity index (χ1) is 9.66. The highest BCUT2D eigenvalue weighted by molar-refractivity contribution is 4.86. The molecule has 0 aromatic heterocycles. The van der Waals surface area contributed by atoms with Crippen LogP contribution in [-0.4, -0.2) is 11.2 Å². The Morgan fingerprint density at radius 3 is 1.55 bits per heavy atom. The average Bonchev–Trinajstić information content (AvgIpc) is 2.43. The second-order valence-electron chi connectivity index (χ2n) is 7.21. The van der Waals surface area contributed by atoms with Crippen molar-refractivity contribution in [2.24, 2.45) is 5.41 Å². The van der Waals surface area contributed by atoms with Crippen LogP contribution in [0.4, 0.5) is 0 Å². The fourth-order valence-corrected chi connectivity index (χ4v) is 3.61. The van der Waals surface area contributed by atoms with Crippen molar-refractivity contribution in [2.75, 3.05) is 0 Å². The number of aliphatic hydroxyl groups is 1. The van der Waals surface area contributed by atoms with E-state index >= 15 is 0 Å². The molecule has 1 aliphatic carbocycles. The molecule has 1 aliphatic rings. The number of aliphatic hydroxyl groups excluding tert-OH is 1. The Balaban J connectivity index is 2.44. The molecule has 1 saturated carbocycles. The zero-order valence-electron chi connectivity index (χ0n) is 13.7. The Morgan fingerprint density at radius 2 is 1.20 bits per heavy atom. The Kier molecular flexibility index (Phi) is 9.26. The van der Waals surface area contributed by atoms with Gasteiger partial charge in [-0.2, -0.15) is 0 Å². The van der Waals surface area contributed by atoms with Gasteiger partial charge < -0.3 is 5.11 Å². The van der Waals surface area contributed by atoms with Gasteiger partial charge >= 0.3 is 0 Å². The van der Waals surface area contributed by atoms with Crippen LogP contribution in [-0.2, 0) is 0 Å². The third-order valence-electron chi connectivity index (χ3n) is 5.03. The van der Waals surface area contributed by atoms with Crippen molar-refractivity contribution in [1.82, 2.24) is 0 Å². The molecule has 118 valence electrons. The summed E-state index contributed by atoms with van der Waals surface area (Å²) in [6.07, 6.45) is 20.2. The quantitative estimate of drug-likeness (QED) is 0.627. The van der Waals surface area contributed by atoms with Crippen LogP contribution in [0.2, 0.25) is 0 Å². The van der Waals surface area contributed by atoms with Crippen LogP contribution in [0, 0.1) is 5.41 Å². The van der Waals surface area contributed by atoms with Crippen molar-refractivity contribution in [3.8, 4) is 0 Å². The highest BCUT2D eigenvalue weighted by Crippen LogP contribution is 2.36. The molecule has 1 rings (SSSR count). The summed E-state index contributed by atoms with van der Waals surface area (Å²) < 4.78 is 0. The van der Waals surface area contributed by atoms with E-state index < -0.39 is 0 Å². The minimum atomic E-state index is -0.320. The van der Waals surface area contributed by atoms with E-state index in [1.807, 2.05) is 0 Å². The molecule has 0 heterocycles. The smallest absolute Gasteiger partial charge is 0.0723 e. The maximum atomic E-state index is 9.93. The molecule has 1 atom stereocenters. The van der Waals surface area contributed by atoms with Crippen molar-refractivity contribution in [1.29, 1.82) is 0 Å². The van der Waals surface area contributed by atoms with Crippen LogP contribution in [0.25, 0.3) is 0 Å². The fraction of sp³-hybridized carbons (Fsp3) is 0.895. The van der Waals surface area contributed by atoms with Crippen LogP contribution in [0.1, 0.15) is 96.8 Å². The van der Waals surface area contributed by atoms with Crippen LogP contribution in [0.3, 0.4) is 0 Å². The van der Waals surface area contributed by atoms with Crippen molar-refractivity contribution in [2.45, 2.75) is 103 Å². The van der Waals surface area contributed by atoms with Gasteiger partial charge in [-0.1, -0.05) is 83.6 Å². The lowest BCUT2D eigenvalue weighted by atomic mass is 9.75. The van der Waals surface area contributed by atoms with E-state index in [9.17, 15) is 5.11 Å². The van der Waals surface area contributed by atoms with E-state index in [4.69, 9.17) is 0 Å². The maximum absolute atomic E-state index is 9.93. The fourth-order valence-electron chi connectivity index (χ4n) is 3.61. The summed E-state index contributed by atoms with van der Waals surface area (Å²) in [5.41, 5.74) is 0.317. The van der Waals surface area contributed by atoms with Gasteiger partial charge in [-0.05, 0) is 24.7 Å². The van der Waals surface area contributed by atoms with Crippen LogP contribution in [0.15, 0.2) is 12.7 Å². The van der Waals surface area contributed by atoms with Gasteiger partial charge in [-0.3, -0.25) is 0 Å². The standard InChI is InChI=1S/C19H36O/c1-3-18(20)17-19(2)15-13-11-9-7-5-4-6-8-10-12-14-16-19/h3,18,20H,1,4-17H2,2H3. The first-order valence-electron chi connectivity index (χ1n) is 8.97. The molecule has 0 bridgehead atoms. The SMILES string of the molecule is C=CC(O)CC1(C)CCCCCCCCCCCCC1. The Labute approximate surface area is 126 Å². The van der Waals surface area contributed by atoms with Gasteiger partial charge in [0.15, 0.2) is 0 Å². The minimum absolute atomic E-state index is 0.317. The summed E-state index contributed by atoms with van der Waals surface area (Å²) in [5, 5.41) is 9.93. The van der Waals surface area contributed by atoms with E-state index in [0.29, 0.717) is 5.41 Å². The summed E-state index contributed by atoms with van der Waals surface area (Å²) in [4.78, 5) is 0. The largest absolute Gasteiger partial charge is 0.389 e. The molecule has 0 saturated heterocycles. The monoisotopic (exact) mass is 280 g/mol. The molecular weight excluding hydrogens is 244 g/mol. The van der Waals surface area contributed by atoms with Crippen molar-refractivity contribution < 1.29 is 5.11 Å². The van der Waals surface area contributed by atoms with Crippen LogP contribution >= 0.6 is 0 Å². The zero-order valence-corrected chi connectivity index (χ0v) is 13.7. The highest BCUT2D eigenvalue weighted by atomic mass is 16.3. The van der Waals surface area contributed by atoms with Gasteiger partial charge in [-0.15, -0.1) is 6.58 Å². The van der Waals surface area contributed by atoms with E-state index in [-0.39, 0.29) is 6.10 Å². The number of rotatable bonds is 3. The molecule has 1 unspecified atom stereocenters. The lowest BCUT2D eigenvalue weighted by Crippen LogP contribution is -2.23. The molecule has 0 radical (unpaired) electrons. The van der Waals surface area contributed by atoms with Gasteiger partial charge in [0.25, 0.3) is 0 Å². The first-order valence-corrected chi connectivity index (χ1v) is 8.97. The van der Waals surface area contributed by atoms with Gasteiger partial charge in [0.1, 0.15) is 0 Å². The second-order valence-corrected chi connectivity index (χ2v) is 7.21. The summed E-state index contributed by atoms with van der Waals surface area (Å²) in [7, 11) is 0. The summed E-state index contributed by atoms with van der Waals surface area (Å²) >= 11 is 0. The normalized spacial score (nSPS) is 24.5. The third kappa shape index (κ3) is 8.09. The molecule has 1 heteroatoms. The molecular formula is C19H36O. The molecule has 0 spiro atoms. The zero-order chi connectivity index (χ0) is 14.7. The number of hydrogen-bond donors (Lipinski definition) is 1. The summed E-state index contributed by atoms with van der Waals surface area (Å²) in [5.74, 6) is 0. The van der Waals surface area contributed by atoms with E-state index in [2.05, 4.69) is 13.5 Å². The molecule has 1 nitrogen and oxygen atoms in total. The topological polar surface area (TPSA) is 20.2 Å². The summed E-state index contributed by atoms with van der Waals surface area (Å²) in [6.45, 7) is 6.11. The molecule has 0 amide bonds. The van der Waals surface area contributed by atoms with E-state index in [1.54, 1.807) is 6.08 Å². The van der Waals surface area contributed by atoms with Crippen LogP contribution < -0.4 is 0 Å². The first kappa shape index (κ1) is 17.8. The lowest BCUT2D eigenvalue weighted by Gasteiger charge is -2.31. The van der Waals surface area contributed by atoms with Crippen molar-refractivity contribution >= 4 is 0 Å². The van der Waals surface area contributed by atoms with E-state index in [0.717, 1.165) is 6.42 Å². The average molecular weight is 280 g/mol. The van der Waals surface area contributed by atoms with Crippen LogP contribution in [0.5, 0.6) is 0 Å². The predicted molar refractivity (Wildman–Crippen MR) is 88.9 cm³/mol. The van der Waals surface area contributed by atoms with Gasteiger partial charge in [0.2, 0.25) is 0 Å².